The van der Waals surface area contributed by atoms with E-state index in [0.717, 1.165) is 29.4 Å². The quantitative estimate of drug-likeness (QED) is 0.768. The molecule has 0 aliphatic rings. The van der Waals surface area contributed by atoms with Gasteiger partial charge in [-0.05, 0) is 25.0 Å². The summed E-state index contributed by atoms with van der Waals surface area (Å²) >= 11 is 0. The molecule has 0 radical (unpaired) electrons. The van der Waals surface area contributed by atoms with Crippen molar-refractivity contribution in [1.29, 1.82) is 0 Å². The number of methoxy groups -OCH3 is 1. The molecule has 0 fully saturated rings. The van der Waals surface area contributed by atoms with Crippen LogP contribution in [0.3, 0.4) is 0 Å². The molecule has 21 heavy (non-hydrogen) atoms. The van der Waals surface area contributed by atoms with Gasteiger partial charge in [0.1, 0.15) is 5.69 Å². The highest BCUT2D eigenvalue weighted by Crippen LogP contribution is 2.22. The predicted molar refractivity (Wildman–Crippen MR) is 84.7 cm³/mol. The second-order valence-electron chi connectivity index (χ2n) is 4.78. The lowest BCUT2D eigenvalue weighted by Gasteiger charge is -2.09. The number of pyridine rings is 1. The smallest absolute Gasteiger partial charge is 0.269 e. The molecule has 0 atom stereocenters. The molecule has 1 aromatic heterocycles. The summed E-state index contributed by atoms with van der Waals surface area (Å²) in [5.41, 5.74) is 2.16. The van der Waals surface area contributed by atoms with Crippen LogP contribution in [0.15, 0.2) is 30.3 Å². The highest BCUT2D eigenvalue weighted by atomic mass is 16.5. The monoisotopic (exact) mass is 287 g/mol. The number of fused-ring (bicyclic) bond motifs is 1. The van der Waals surface area contributed by atoms with Gasteiger partial charge in [0.2, 0.25) is 0 Å². The van der Waals surface area contributed by atoms with E-state index in [9.17, 15) is 4.79 Å². The van der Waals surface area contributed by atoms with E-state index in [1.165, 1.54) is 0 Å². The van der Waals surface area contributed by atoms with Gasteiger partial charge in [-0.2, -0.15) is 0 Å². The highest BCUT2D eigenvalue weighted by molar-refractivity contribution is 5.99. The number of amides is 1. The minimum atomic E-state index is -0.144. The van der Waals surface area contributed by atoms with Gasteiger partial charge in [-0.1, -0.05) is 18.2 Å². The van der Waals surface area contributed by atoms with Gasteiger partial charge < -0.3 is 15.4 Å². The second-order valence-corrected chi connectivity index (χ2v) is 4.78. The maximum Gasteiger partial charge on any atom is 0.269 e. The third kappa shape index (κ3) is 3.92. The first-order valence-electron chi connectivity index (χ1n) is 7.11. The van der Waals surface area contributed by atoms with Crippen LogP contribution in [0.5, 0.6) is 0 Å². The van der Waals surface area contributed by atoms with Crippen molar-refractivity contribution in [3.05, 3.63) is 36.0 Å². The third-order valence-electron chi connectivity index (χ3n) is 3.28. The van der Waals surface area contributed by atoms with E-state index in [-0.39, 0.29) is 5.91 Å². The van der Waals surface area contributed by atoms with Crippen molar-refractivity contribution in [3.8, 4) is 0 Å². The van der Waals surface area contributed by atoms with Crippen LogP contribution in [0.1, 0.15) is 23.3 Å². The molecule has 5 nitrogen and oxygen atoms in total. The van der Waals surface area contributed by atoms with E-state index in [0.29, 0.717) is 18.8 Å². The maximum atomic E-state index is 12.2. The van der Waals surface area contributed by atoms with Crippen LogP contribution in [-0.4, -0.2) is 38.2 Å². The Morgan fingerprint density at radius 3 is 2.86 bits per heavy atom. The van der Waals surface area contributed by atoms with Crippen molar-refractivity contribution in [2.24, 2.45) is 0 Å². The van der Waals surface area contributed by atoms with Gasteiger partial charge in [0.15, 0.2) is 0 Å². The van der Waals surface area contributed by atoms with Crippen LogP contribution in [0.25, 0.3) is 10.9 Å². The van der Waals surface area contributed by atoms with Gasteiger partial charge in [-0.15, -0.1) is 0 Å². The first-order valence-corrected chi connectivity index (χ1v) is 7.11. The fourth-order valence-electron chi connectivity index (χ4n) is 2.16. The summed E-state index contributed by atoms with van der Waals surface area (Å²) in [5, 5.41) is 7.01. The van der Waals surface area contributed by atoms with Crippen molar-refractivity contribution in [2.45, 2.75) is 12.8 Å². The molecule has 1 aromatic carbocycles. The highest BCUT2D eigenvalue weighted by Gasteiger charge is 2.10. The van der Waals surface area contributed by atoms with Gasteiger partial charge in [0.25, 0.3) is 5.91 Å². The molecule has 1 heterocycles. The fourth-order valence-corrected chi connectivity index (χ4v) is 2.16. The van der Waals surface area contributed by atoms with E-state index < -0.39 is 0 Å². The molecule has 0 aliphatic heterocycles. The zero-order chi connectivity index (χ0) is 15.1. The van der Waals surface area contributed by atoms with E-state index in [4.69, 9.17) is 4.74 Å². The number of para-hydroxylation sites is 1. The van der Waals surface area contributed by atoms with Crippen LogP contribution < -0.4 is 10.6 Å². The third-order valence-corrected chi connectivity index (χ3v) is 3.28. The number of nitrogens with one attached hydrogen (secondary N) is 2. The summed E-state index contributed by atoms with van der Waals surface area (Å²) in [4.78, 5) is 16.6. The maximum absolute atomic E-state index is 12.2. The zero-order valence-electron chi connectivity index (χ0n) is 12.5. The number of unbranched alkanes of at least 4 members (excludes halogenated alkanes) is 1. The molecule has 2 N–H and O–H groups in total. The summed E-state index contributed by atoms with van der Waals surface area (Å²) in [6, 6.07) is 9.56. The number of nitrogens with zero attached hydrogens (tertiary/aromatic N) is 1. The summed E-state index contributed by atoms with van der Waals surface area (Å²) in [5.74, 6) is -0.144. The van der Waals surface area contributed by atoms with Crippen LogP contribution in [0.2, 0.25) is 0 Å². The van der Waals surface area contributed by atoms with Gasteiger partial charge in [-0.25, -0.2) is 4.98 Å². The number of benzene rings is 1. The Labute approximate surface area is 124 Å². The van der Waals surface area contributed by atoms with E-state index in [2.05, 4.69) is 15.6 Å². The lowest BCUT2D eigenvalue weighted by Crippen LogP contribution is -2.25. The summed E-state index contributed by atoms with van der Waals surface area (Å²) in [6.45, 7) is 1.35. The number of aromatic nitrogens is 1. The van der Waals surface area contributed by atoms with Gasteiger partial charge in [0.05, 0.1) is 5.52 Å². The number of carbonyl (C=O) groups excluding carboxylic acids is 1. The topological polar surface area (TPSA) is 63.2 Å². The number of anilines is 1. The first kappa shape index (κ1) is 15.3. The number of carbonyl (C=O) groups is 1. The number of hydrogen-bond acceptors (Lipinski definition) is 4. The molecule has 5 heteroatoms. The van der Waals surface area contributed by atoms with Crippen molar-refractivity contribution < 1.29 is 9.53 Å². The van der Waals surface area contributed by atoms with Crippen LogP contribution in [-0.2, 0) is 4.74 Å². The molecule has 112 valence electrons. The molecular formula is C16H21N3O2. The molecule has 2 aromatic rings. The van der Waals surface area contributed by atoms with Crippen molar-refractivity contribution >= 4 is 22.5 Å². The Morgan fingerprint density at radius 2 is 2.10 bits per heavy atom. The van der Waals surface area contributed by atoms with Crippen LogP contribution >= 0.6 is 0 Å². The normalized spacial score (nSPS) is 10.6. The number of hydrogen-bond donors (Lipinski definition) is 2. The molecule has 0 saturated carbocycles. The van der Waals surface area contributed by atoms with Gasteiger partial charge in [-0.3, -0.25) is 4.79 Å². The minimum Gasteiger partial charge on any atom is -0.388 e. The second kappa shape index (κ2) is 7.59. The van der Waals surface area contributed by atoms with Crippen molar-refractivity contribution in [2.75, 3.05) is 32.6 Å². The first-order chi connectivity index (χ1) is 10.3. The SMILES string of the molecule is CNc1cc(C(=O)NCCCCOC)nc2ccccc12. The zero-order valence-corrected chi connectivity index (χ0v) is 12.5. The van der Waals surface area contributed by atoms with Crippen LogP contribution in [0, 0.1) is 0 Å². The van der Waals surface area contributed by atoms with Crippen molar-refractivity contribution in [3.63, 3.8) is 0 Å². The molecule has 0 unspecified atom stereocenters. The molecule has 0 aliphatic carbocycles. The molecule has 1 amide bonds. The Kier molecular flexibility index (Phi) is 5.51. The number of rotatable bonds is 7. The summed E-state index contributed by atoms with van der Waals surface area (Å²) in [6.07, 6.45) is 1.83. The lowest BCUT2D eigenvalue weighted by molar-refractivity contribution is 0.0947. The Balaban J connectivity index is 2.09. The molecule has 0 bridgehead atoms. The summed E-state index contributed by atoms with van der Waals surface area (Å²) in [7, 11) is 3.52. The van der Waals surface area contributed by atoms with E-state index >= 15 is 0 Å². The van der Waals surface area contributed by atoms with Gasteiger partial charge >= 0.3 is 0 Å². The molecule has 2 rings (SSSR count). The Bertz CT molecular complexity index is 613. The number of ether oxygens (including phenoxy) is 1. The fraction of sp³-hybridized carbons (Fsp3) is 0.375. The average molecular weight is 287 g/mol. The van der Waals surface area contributed by atoms with E-state index in [1.54, 1.807) is 13.2 Å². The Morgan fingerprint density at radius 1 is 1.29 bits per heavy atom. The summed E-state index contributed by atoms with van der Waals surface area (Å²) < 4.78 is 4.98. The standard InChI is InChI=1S/C16H21N3O2/c1-17-14-11-15(16(20)18-9-5-6-10-21-2)19-13-8-4-3-7-12(13)14/h3-4,7-8,11H,5-6,9-10H2,1-2H3,(H,17,19)(H,18,20). The molecule has 0 saturated heterocycles. The molecule has 0 spiro atoms. The molecular weight excluding hydrogens is 266 g/mol. The largest absolute Gasteiger partial charge is 0.388 e. The lowest BCUT2D eigenvalue weighted by atomic mass is 10.1. The minimum absolute atomic E-state index is 0.144. The van der Waals surface area contributed by atoms with Crippen LogP contribution in [0.4, 0.5) is 5.69 Å². The Hall–Kier alpha value is -2.14. The average Bonchev–Trinajstić information content (AvgIpc) is 2.53. The van der Waals surface area contributed by atoms with Gasteiger partial charge in [0, 0.05) is 38.4 Å². The van der Waals surface area contributed by atoms with E-state index in [1.807, 2.05) is 31.3 Å². The predicted octanol–water partition coefficient (Wildman–Crippen LogP) is 2.43. The van der Waals surface area contributed by atoms with Crippen molar-refractivity contribution in [1.82, 2.24) is 10.3 Å².